The van der Waals surface area contributed by atoms with Crippen molar-refractivity contribution in [3.05, 3.63) is 90.8 Å². The van der Waals surface area contributed by atoms with Crippen molar-refractivity contribution in [2.45, 2.75) is 20.4 Å². The molecule has 0 amide bonds. The molecule has 0 saturated carbocycles. The first-order valence-corrected chi connectivity index (χ1v) is 12.7. The predicted octanol–water partition coefficient (Wildman–Crippen LogP) is 4.77. The normalized spacial score (nSPS) is 11.3. The van der Waals surface area contributed by atoms with E-state index in [0.29, 0.717) is 23.2 Å². The maximum Gasteiger partial charge on any atom is 0.180 e. The number of nitrogens with one attached hydrogen (secondary N) is 2. The number of H-pyrrole nitrogens is 1. The van der Waals surface area contributed by atoms with Crippen LogP contribution in [0, 0.1) is 5.92 Å². The second-order valence-electron chi connectivity index (χ2n) is 9.63. The first-order chi connectivity index (χ1) is 19.1. The lowest BCUT2D eigenvalue weighted by molar-refractivity contribution is 0.605. The minimum atomic E-state index is 0.431. The molecule has 0 saturated heterocycles. The third-order valence-electron chi connectivity index (χ3n) is 6.18. The van der Waals surface area contributed by atoms with Gasteiger partial charge in [0.25, 0.3) is 0 Å². The molecule has 0 spiro atoms. The van der Waals surface area contributed by atoms with Crippen LogP contribution in [0.1, 0.15) is 19.4 Å². The van der Waals surface area contributed by atoms with E-state index in [4.69, 9.17) is 4.98 Å². The van der Waals surface area contributed by atoms with Gasteiger partial charge in [0.2, 0.25) is 0 Å². The highest BCUT2D eigenvalue weighted by atomic mass is 15.5. The van der Waals surface area contributed by atoms with Gasteiger partial charge in [0.15, 0.2) is 17.3 Å². The molecular weight excluding hydrogens is 490 g/mol. The van der Waals surface area contributed by atoms with Crippen LogP contribution < -0.4 is 10.2 Å². The van der Waals surface area contributed by atoms with Crippen molar-refractivity contribution in [2.24, 2.45) is 5.92 Å². The fraction of sp³-hybridized carbons (Fsp3) is 0.179. The van der Waals surface area contributed by atoms with Gasteiger partial charge in [-0.15, -0.1) is 20.4 Å². The Balaban J connectivity index is 1.46. The molecule has 6 rings (SSSR count). The lowest BCUT2D eigenvalue weighted by Gasteiger charge is -2.27. The molecule has 0 aliphatic carbocycles. The van der Waals surface area contributed by atoms with Gasteiger partial charge in [0.1, 0.15) is 12.1 Å². The van der Waals surface area contributed by atoms with Crippen molar-refractivity contribution in [2.75, 3.05) is 16.8 Å². The highest BCUT2D eigenvalue weighted by Crippen LogP contribution is 2.33. The smallest absolute Gasteiger partial charge is 0.180 e. The van der Waals surface area contributed by atoms with Gasteiger partial charge in [0.05, 0.1) is 5.69 Å². The van der Waals surface area contributed by atoms with Crippen LogP contribution in [0.4, 0.5) is 17.3 Å². The lowest BCUT2D eigenvalue weighted by Crippen LogP contribution is -2.28. The molecule has 0 unspecified atom stereocenters. The fourth-order valence-corrected chi connectivity index (χ4v) is 4.50. The van der Waals surface area contributed by atoms with Gasteiger partial charge >= 0.3 is 0 Å². The Morgan fingerprint density at radius 1 is 0.923 bits per heavy atom. The Labute approximate surface area is 225 Å². The number of hydrogen-bond acceptors (Lipinski definition) is 9. The number of benzene rings is 2. The van der Waals surface area contributed by atoms with Crippen LogP contribution in [0.2, 0.25) is 0 Å². The second kappa shape index (κ2) is 10.7. The van der Waals surface area contributed by atoms with Crippen molar-refractivity contribution in [3.63, 3.8) is 0 Å². The molecule has 4 heterocycles. The largest absolute Gasteiger partial charge is 0.352 e. The molecule has 0 aliphatic rings. The molecule has 0 fully saturated rings. The van der Waals surface area contributed by atoms with E-state index in [1.165, 1.54) is 5.56 Å². The predicted molar refractivity (Wildman–Crippen MR) is 149 cm³/mol. The van der Waals surface area contributed by atoms with E-state index in [2.05, 4.69) is 90.3 Å². The Morgan fingerprint density at radius 2 is 1.74 bits per heavy atom. The van der Waals surface area contributed by atoms with Gasteiger partial charge in [-0.3, -0.25) is 0 Å². The van der Waals surface area contributed by atoms with Crippen LogP contribution in [0.3, 0.4) is 0 Å². The summed E-state index contributed by atoms with van der Waals surface area (Å²) in [6.07, 6.45) is 1.58. The zero-order valence-corrected chi connectivity index (χ0v) is 21.6. The van der Waals surface area contributed by atoms with Gasteiger partial charge in [-0.1, -0.05) is 68.4 Å². The number of anilines is 3. The van der Waals surface area contributed by atoms with Crippen LogP contribution in [-0.2, 0) is 6.54 Å². The van der Waals surface area contributed by atoms with Gasteiger partial charge < -0.3 is 10.2 Å². The molecule has 0 atom stereocenters. The molecule has 39 heavy (non-hydrogen) atoms. The topological polar surface area (TPSA) is 126 Å². The third-order valence-corrected chi connectivity index (χ3v) is 6.18. The number of aromatic nitrogens is 9. The van der Waals surface area contributed by atoms with Crippen molar-refractivity contribution in [1.82, 2.24) is 45.4 Å². The zero-order valence-electron chi connectivity index (χ0n) is 21.6. The molecule has 11 heteroatoms. The number of fused-ring (bicyclic) bond motifs is 1. The summed E-state index contributed by atoms with van der Waals surface area (Å²) < 4.78 is 1.64. The van der Waals surface area contributed by atoms with Gasteiger partial charge in [-0.25, -0.2) is 10.1 Å². The molecule has 0 bridgehead atoms. The second-order valence-corrected chi connectivity index (χ2v) is 9.63. The van der Waals surface area contributed by atoms with Crippen molar-refractivity contribution in [3.8, 4) is 22.6 Å². The van der Waals surface area contributed by atoms with Crippen molar-refractivity contribution < 1.29 is 0 Å². The number of tetrazole rings is 1. The summed E-state index contributed by atoms with van der Waals surface area (Å²) in [5.41, 5.74) is 5.30. The summed E-state index contributed by atoms with van der Waals surface area (Å²) in [4.78, 5) is 7.47. The van der Waals surface area contributed by atoms with Gasteiger partial charge in [-0.2, -0.15) is 4.52 Å². The van der Waals surface area contributed by atoms with E-state index >= 15 is 0 Å². The quantitative estimate of drug-likeness (QED) is 0.279. The standard InChI is InChI=1S/C28H27N11/c1-19(2)16-38(17-20-8-4-3-5-9-20)27-15-21(30-25-12-13-26-32-29-18-39(26)35-25)14-24(31-27)22-10-6-7-11-23(22)28-33-36-37-34-28/h3-15,18-19H,16-17H2,1-2H3,(H,30,31,35)(H,33,34,36,37). The maximum absolute atomic E-state index is 5.16. The minimum Gasteiger partial charge on any atom is -0.352 e. The molecule has 2 aromatic carbocycles. The average molecular weight is 518 g/mol. The summed E-state index contributed by atoms with van der Waals surface area (Å²) in [5.74, 6) is 2.52. The molecule has 2 N–H and O–H groups in total. The Morgan fingerprint density at radius 3 is 2.54 bits per heavy atom. The maximum atomic E-state index is 5.16. The van der Waals surface area contributed by atoms with Crippen molar-refractivity contribution in [1.29, 1.82) is 0 Å². The molecule has 194 valence electrons. The van der Waals surface area contributed by atoms with E-state index in [-0.39, 0.29) is 0 Å². The van der Waals surface area contributed by atoms with E-state index in [1.54, 1.807) is 10.8 Å². The highest BCUT2D eigenvalue weighted by molar-refractivity contribution is 5.81. The van der Waals surface area contributed by atoms with Crippen molar-refractivity contribution >= 4 is 23.0 Å². The first kappa shape index (κ1) is 24.2. The SMILES string of the molecule is CC(C)CN(Cc1ccccc1)c1cc(Nc2ccc3nncn3n2)cc(-c2ccccc2-c2nnn[nH]2)n1. The molecule has 4 aromatic heterocycles. The van der Waals surface area contributed by atoms with Gasteiger partial charge in [0, 0.05) is 36.0 Å². The van der Waals surface area contributed by atoms with E-state index in [0.717, 1.165) is 41.4 Å². The Hall–Kier alpha value is -5.19. The van der Waals surface area contributed by atoms with Crippen LogP contribution in [0.25, 0.3) is 28.3 Å². The molecule has 0 radical (unpaired) electrons. The molecule has 6 aromatic rings. The summed E-state index contributed by atoms with van der Waals surface area (Å²) in [5, 5.41) is 30.6. The molecule has 0 aliphatic heterocycles. The van der Waals surface area contributed by atoms with Crippen LogP contribution in [0.5, 0.6) is 0 Å². The third kappa shape index (κ3) is 5.42. The number of aromatic amines is 1. The molecule has 11 nitrogen and oxygen atoms in total. The lowest BCUT2D eigenvalue weighted by atomic mass is 10.0. The van der Waals surface area contributed by atoms with Gasteiger partial charge in [-0.05, 0) is 40.1 Å². The fourth-order valence-electron chi connectivity index (χ4n) is 4.50. The summed E-state index contributed by atoms with van der Waals surface area (Å²) >= 11 is 0. The first-order valence-electron chi connectivity index (χ1n) is 12.7. The minimum absolute atomic E-state index is 0.431. The number of nitrogens with zero attached hydrogens (tertiary/aromatic N) is 9. The Bertz CT molecular complexity index is 1680. The zero-order chi connectivity index (χ0) is 26.6. The van der Waals surface area contributed by atoms with E-state index < -0.39 is 0 Å². The number of rotatable bonds is 9. The number of hydrogen-bond donors (Lipinski definition) is 2. The monoisotopic (exact) mass is 517 g/mol. The summed E-state index contributed by atoms with van der Waals surface area (Å²) in [7, 11) is 0. The van der Waals surface area contributed by atoms with Crippen LogP contribution in [-0.4, -0.2) is 52.0 Å². The van der Waals surface area contributed by atoms with Crippen LogP contribution >= 0.6 is 0 Å². The highest BCUT2D eigenvalue weighted by Gasteiger charge is 2.17. The summed E-state index contributed by atoms with van der Waals surface area (Å²) in [6, 6.07) is 26.2. The van der Waals surface area contributed by atoms with Crippen LogP contribution in [0.15, 0.2) is 85.2 Å². The molecular formula is C28H27N11. The summed E-state index contributed by atoms with van der Waals surface area (Å²) in [6.45, 7) is 5.99. The average Bonchev–Trinajstić information content (AvgIpc) is 3.65. The van der Waals surface area contributed by atoms with E-state index in [1.807, 2.05) is 48.5 Å². The van der Waals surface area contributed by atoms with E-state index in [9.17, 15) is 0 Å². The number of pyridine rings is 1. The Kier molecular flexibility index (Phi) is 6.60.